The maximum absolute atomic E-state index is 14.2. The molecule has 4 aromatic heterocycles. The topological polar surface area (TPSA) is 260 Å². The highest BCUT2D eigenvalue weighted by Gasteiger charge is 2.24. The fourth-order valence-corrected chi connectivity index (χ4v) is 7.90. The van der Waals surface area contributed by atoms with Gasteiger partial charge in [-0.1, -0.05) is 31.1 Å². The number of primary amides is 2. The van der Waals surface area contributed by atoms with Crippen molar-refractivity contribution < 1.29 is 33.6 Å². The standard InChI is InChI=1S/C41H53N11O8S/c1-6-9-19-60-32-22-27(36(42)53)21-30(52(57)58)34(32)44-16-12-14-17-49-38-33(23-28(24-45-38)37(43)54)61-41(49)46-39(55)35-29(26(5)48-50(35)7-2)15-11-10-13-18-51-31(20-25(4)47-51)40(56)59-8-3/h20-24,44H,6-19H2,1-5H3,(H2,42,53)(H2,43,54). The summed E-state index contributed by atoms with van der Waals surface area (Å²) in [5.74, 6) is -2.16. The summed E-state index contributed by atoms with van der Waals surface area (Å²) in [4.78, 5) is 71.5. The van der Waals surface area contributed by atoms with Gasteiger partial charge in [0.2, 0.25) is 11.8 Å². The number of carbonyl (C=O) groups excluding carboxylic acids is 4. The summed E-state index contributed by atoms with van der Waals surface area (Å²) in [7, 11) is 0. The van der Waals surface area contributed by atoms with Crippen LogP contribution in [0.4, 0.5) is 11.4 Å². The maximum atomic E-state index is 14.2. The molecule has 0 atom stereocenters. The molecule has 0 aliphatic carbocycles. The second-order valence-corrected chi connectivity index (χ2v) is 15.4. The van der Waals surface area contributed by atoms with E-state index < -0.39 is 28.6 Å². The van der Waals surface area contributed by atoms with Gasteiger partial charge in [-0.15, -0.1) is 0 Å². The van der Waals surface area contributed by atoms with Crippen LogP contribution < -0.4 is 26.3 Å². The van der Waals surface area contributed by atoms with Gasteiger partial charge >= 0.3 is 5.97 Å². The number of unbranched alkanes of at least 4 members (excludes halogenated alkanes) is 4. The number of benzene rings is 1. The van der Waals surface area contributed by atoms with Gasteiger partial charge in [-0.25, -0.2) is 9.78 Å². The van der Waals surface area contributed by atoms with E-state index in [1.54, 1.807) is 28.4 Å². The van der Waals surface area contributed by atoms with Crippen LogP contribution in [-0.2, 0) is 30.8 Å². The molecule has 5 aromatic rings. The van der Waals surface area contributed by atoms with Crippen molar-refractivity contribution in [3.63, 3.8) is 0 Å². The number of aryl methyl sites for hydroxylation is 5. The van der Waals surface area contributed by atoms with Crippen molar-refractivity contribution in [3.05, 3.63) is 84.8 Å². The number of pyridine rings is 1. The number of nitro groups is 1. The fraction of sp³-hybridized carbons (Fsp3) is 0.463. The number of anilines is 1. The molecular weight excluding hydrogens is 807 g/mol. The number of nitro benzene ring substituents is 1. The number of nitrogens with zero attached hydrogens (tertiary/aromatic N) is 8. The molecule has 1 aromatic carbocycles. The average Bonchev–Trinajstić information content (AvgIpc) is 3.88. The Hall–Kier alpha value is -6.44. The van der Waals surface area contributed by atoms with Crippen LogP contribution in [0.1, 0.15) is 124 Å². The molecule has 0 unspecified atom stereocenters. The third-order valence-electron chi connectivity index (χ3n) is 9.87. The molecule has 0 saturated heterocycles. The van der Waals surface area contributed by atoms with E-state index in [2.05, 4.69) is 25.5 Å². The minimum Gasteiger partial charge on any atom is -0.491 e. The maximum Gasteiger partial charge on any atom is 0.356 e. The minimum atomic E-state index is -0.808. The molecular formula is C41H53N11O8S. The van der Waals surface area contributed by atoms with Crippen molar-refractivity contribution in [2.75, 3.05) is 25.1 Å². The third kappa shape index (κ3) is 11.2. The van der Waals surface area contributed by atoms with Crippen LogP contribution in [0.2, 0.25) is 0 Å². The lowest BCUT2D eigenvalue weighted by atomic mass is 10.0. The molecule has 326 valence electrons. The zero-order valence-corrected chi connectivity index (χ0v) is 36.0. The molecule has 0 spiro atoms. The molecule has 5 rings (SSSR count). The molecule has 0 saturated carbocycles. The Morgan fingerprint density at radius 3 is 2.36 bits per heavy atom. The van der Waals surface area contributed by atoms with Gasteiger partial charge in [-0.2, -0.15) is 15.2 Å². The second kappa shape index (κ2) is 21.2. The lowest BCUT2D eigenvalue weighted by Gasteiger charge is -2.15. The van der Waals surface area contributed by atoms with E-state index in [0.717, 1.165) is 48.7 Å². The Morgan fingerprint density at radius 1 is 0.918 bits per heavy atom. The second-order valence-electron chi connectivity index (χ2n) is 14.3. The number of rotatable bonds is 23. The zero-order chi connectivity index (χ0) is 44.2. The summed E-state index contributed by atoms with van der Waals surface area (Å²) < 4.78 is 16.8. The van der Waals surface area contributed by atoms with E-state index >= 15 is 0 Å². The van der Waals surface area contributed by atoms with Crippen LogP contribution >= 0.6 is 11.3 Å². The number of aromatic nitrogens is 6. The van der Waals surface area contributed by atoms with Gasteiger partial charge < -0.3 is 30.8 Å². The lowest BCUT2D eigenvalue weighted by molar-refractivity contribution is -0.384. The van der Waals surface area contributed by atoms with E-state index in [1.165, 1.54) is 23.6 Å². The molecule has 3 amide bonds. The summed E-state index contributed by atoms with van der Waals surface area (Å²) in [6, 6.07) is 5.88. The number of hydrogen-bond donors (Lipinski definition) is 3. The first-order valence-corrected chi connectivity index (χ1v) is 21.2. The predicted octanol–water partition coefficient (Wildman–Crippen LogP) is 5.64. The van der Waals surface area contributed by atoms with Crippen molar-refractivity contribution in [1.29, 1.82) is 0 Å². The minimum absolute atomic E-state index is 0.0323. The predicted molar refractivity (Wildman–Crippen MR) is 229 cm³/mol. The summed E-state index contributed by atoms with van der Waals surface area (Å²) in [6.45, 7) is 11.6. The van der Waals surface area contributed by atoms with Gasteiger partial charge in [-0.3, -0.25) is 33.9 Å². The van der Waals surface area contributed by atoms with E-state index in [0.29, 0.717) is 85.0 Å². The molecule has 0 bridgehead atoms. The number of nitrogens with one attached hydrogen (secondary N) is 1. The monoisotopic (exact) mass is 859 g/mol. The molecule has 0 aliphatic heterocycles. The summed E-state index contributed by atoms with van der Waals surface area (Å²) >= 11 is 1.21. The van der Waals surface area contributed by atoms with Crippen LogP contribution in [0.3, 0.4) is 0 Å². The average molecular weight is 860 g/mol. The number of thiazole rings is 1. The van der Waals surface area contributed by atoms with Crippen LogP contribution in [0.15, 0.2) is 35.5 Å². The Labute approximate surface area is 356 Å². The highest BCUT2D eigenvalue weighted by atomic mass is 32.1. The van der Waals surface area contributed by atoms with Crippen molar-refractivity contribution in [3.8, 4) is 5.75 Å². The van der Waals surface area contributed by atoms with Gasteiger partial charge in [0.1, 0.15) is 17.1 Å². The van der Waals surface area contributed by atoms with Gasteiger partial charge in [0.25, 0.3) is 11.6 Å². The first kappa shape index (κ1) is 45.6. The van der Waals surface area contributed by atoms with E-state index in [-0.39, 0.29) is 34.9 Å². The van der Waals surface area contributed by atoms with Crippen LogP contribution in [-0.4, -0.2) is 77.5 Å². The molecule has 4 heterocycles. The molecule has 5 N–H and O–H groups in total. The molecule has 0 radical (unpaired) electrons. The summed E-state index contributed by atoms with van der Waals surface area (Å²) in [5.41, 5.74) is 14.6. The van der Waals surface area contributed by atoms with Gasteiger partial charge in [0.05, 0.1) is 39.8 Å². The van der Waals surface area contributed by atoms with Crippen molar-refractivity contribution in [2.24, 2.45) is 16.5 Å². The van der Waals surface area contributed by atoms with E-state index in [1.807, 2.05) is 32.3 Å². The summed E-state index contributed by atoms with van der Waals surface area (Å²) in [6.07, 6.45) is 6.90. The highest BCUT2D eigenvalue weighted by Crippen LogP contribution is 2.36. The number of hydrogen-bond acceptors (Lipinski definition) is 13. The van der Waals surface area contributed by atoms with Crippen LogP contribution in [0.25, 0.3) is 10.3 Å². The molecule has 20 heteroatoms. The number of ether oxygens (including phenoxy) is 2. The SMILES string of the molecule is CCCCOc1cc(C(N)=O)cc([N+](=O)[O-])c1NCCCCn1c(=NC(=O)c2c(CCCCCn3nc(C)cc3C(=O)OCC)c(C)nn2CC)sc2cc(C(N)=O)cnc21. The van der Waals surface area contributed by atoms with Crippen molar-refractivity contribution in [1.82, 2.24) is 29.1 Å². The molecule has 0 aliphatic rings. The molecule has 19 nitrogen and oxygen atoms in total. The lowest BCUT2D eigenvalue weighted by Crippen LogP contribution is -2.20. The molecule has 61 heavy (non-hydrogen) atoms. The Morgan fingerprint density at radius 2 is 1.67 bits per heavy atom. The quantitative estimate of drug-likeness (QED) is 0.0312. The van der Waals surface area contributed by atoms with Crippen molar-refractivity contribution >= 4 is 56.7 Å². The molecule has 0 fully saturated rings. The smallest absolute Gasteiger partial charge is 0.356 e. The number of carbonyl (C=O) groups is 4. The first-order valence-electron chi connectivity index (χ1n) is 20.4. The Kier molecular flexibility index (Phi) is 15.9. The largest absolute Gasteiger partial charge is 0.491 e. The first-order chi connectivity index (χ1) is 29.3. The highest BCUT2D eigenvalue weighted by molar-refractivity contribution is 7.16. The third-order valence-corrected chi connectivity index (χ3v) is 10.9. The van der Waals surface area contributed by atoms with Gasteiger partial charge in [0.15, 0.2) is 16.1 Å². The number of fused-ring (bicyclic) bond motifs is 1. The van der Waals surface area contributed by atoms with Crippen LogP contribution in [0.5, 0.6) is 5.75 Å². The number of esters is 1. The van der Waals surface area contributed by atoms with Crippen LogP contribution in [0, 0.1) is 24.0 Å². The fourth-order valence-electron chi connectivity index (χ4n) is 6.84. The normalized spacial score (nSPS) is 11.6. The van der Waals surface area contributed by atoms with Gasteiger partial charge in [-0.05, 0) is 84.4 Å². The van der Waals surface area contributed by atoms with Gasteiger partial charge in [0, 0.05) is 49.6 Å². The Bertz CT molecular complexity index is 2480. The number of amides is 3. The van der Waals surface area contributed by atoms with E-state index in [9.17, 15) is 29.3 Å². The Balaban J connectivity index is 1.34. The number of nitrogens with two attached hydrogens (primary N) is 2. The zero-order valence-electron chi connectivity index (χ0n) is 35.2. The van der Waals surface area contributed by atoms with E-state index in [4.69, 9.17) is 20.9 Å². The summed E-state index contributed by atoms with van der Waals surface area (Å²) in [5, 5.41) is 24.3. The van der Waals surface area contributed by atoms with Crippen molar-refractivity contribution in [2.45, 2.75) is 106 Å².